The number of carboxylic acid groups (broad SMARTS) is 1. The Morgan fingerprint density at radius 2 is 1.49 bits per heavy atom. The Hall–Kier alpha value is -3.49. The van der Waals surface area contributed by atoms with Crippen molar-refractivity contribution >= 4 is 18.0 Å². The Labute approximate surface area is 201 Å². The average Bonchev–Trinajstić information content (AvgIpc) is 2.97. The van der Waals surface area contributed by atoms with Crippen molar-refractivity contribution in [2.24, 2.45) is 0 Å². The van der Waals surface area contributed by atoms with Gasteiger partial charge in [0.2, 0.25) is 0 Å². The zero-order valence-corrected chi connectivity index (χ0v) is 19.2. The van der Waals surface area contributed by atoms with Crippen molar-refractivity contribution in [3.05, 3.63) is 59.7 Å². The molecule has 0 radical (unpaired) electrons. The normalized spacial score (nSPS) is 17.0. The molecule has 3 N–H and O–H groups in total. The van der Waals surface area contributed by atoms with Crippen LogP contribution in [0.4, 0.5) is 13.6 Å². The summed E-state index contributed by atoms with van der Waals surface area (Å²) < 4.78 is 34.3. The van der Waals surface area contributed by atoms with E-state index in [4.69, 9.17) is 4.74 Å². The number of halogens is 2. The van der Waals surface area contributed by atoms with Crippen molar-refractivity contribution in [1.82, 2.24) is 10.6 Å². The molecule has 186 valence electrons. The summed E-state index contributed by atoms with van der Waals surface area (Å²) in [7, 11) is 0. The number of benzene rings is 2. The van der Waals surface area contributed by atoms with Crippen LogP contribution < -0.4 is 10.6 Å². The van der Waals surface area contributed by atoms with Gasteiger partial charge in [0.05, 0.1) is 6.54 Å². The monoisotopic (exact) mass is 486 g/mol. The van der Waals surface area contributed by atoms with E-state index in [-0.39, 0.29) is 25.4 Å². The quantitative estimate of drug-likeness (QED) is 0.502. The highest BCUT2D eigenvalue weighted by Gasteiger charge is 2.47. The second-order valence-corrected chi connectivity index (χ2v) is 9.14. The molecule has 0 heterocycles. The summed E-state index contributed by atoms with van der Waals surface area (Å²) in [5, 5.41) is 13.6. The molecule has 1 fully saturated rings. The molecule has 1 saturated carbocycles. The minimum absolute atomic E-state index is 0.0558. The SMILES string of the molecule is O=C(NCC(F)(F)C(=O)NC1(C(=O)O)CCCCCC1)OCC1c2ccccc2-c2ccccc21. The maximum Gasteiger partial charge on any atom is 0.407 e. The molecule has 2 aliphatic rings. The third-order valence-corrected chi connectivity index (χ3v) is 6.85. The van der Waals surface area contributed by atoms with Crippen molar-refractivity contribution in [3.8, 4) is 11.1 Å². The van der Waals surface area contributed by atoms with Crippen molar-refractivity contribution in [2.45, 2.75) is 55.9 Å². The second-order valence-electron chi connectivity index (χ2n) is 9.14. The van der Waals surface area contributed by atoms with E-state index in [1.807, 2.05) is 53.8 Å². The van der Waals surface area contributed by atoms with Crippen LogP contribution in [0, 0.1) is 0 Å². The number of carboxylic acids is 1. The Morgan fingerprint density at radius 1 is 0.943 bits per heavy atom. The van der Waals surface area contributed by atoms with Crippen LogP contribution in [-0.2, 0) is 14.3 Å². The standard InChI is InChI=1S/C26H28F2N2O5/c27-26(28,22(31)30-25(23(32)33)13-7-1-2-8-14-25)16-29-24(34)35-15-21-19-11-5-3-9-17(19)18-10-4-6-12-20(18)21/h3-6,9-12,21H,1-2,7-8,13-16H2,(H,29,34)(H,30,31)(H,32,33). The summed E-state index contributed by atoms with van der Waals surface area (Å²) in [6.07, 6.45) is 1.71. The summed E-state index contributed by atoms with van der Waals surface area (Å²) in [5.41, 5.74) is 2.31. The smallest absolute Gasteiger partial charge is 0.407 e. The molecular formula is C26H28F2N2O5. The molecule has 0 unspecified atom stereocenters. The van der Waals surface area contributed by atoms with E-state index in [9.17, 15) is 28.3 Å². The number of carbonyl (C=O) groups is 3. The lowest BCUT2D eigenvalue weighted by molar-refractivity contribution is -0.156. The zero-order valence-electron chi connectivity index (χ0n) is 19.2. The van der Waals surface area contributed by atoms with E-state index in [1.54, 1.807) is 0 Å². The van der Waals surface area contributed by atoms with E-state index < -0.39 is 36.0 Å². The number of alkyl halides is 2. The van der Waals surface area contributed by atoms with E-state index in [0.29, 0.717) is 12.8 Å². The van der Waals surface area contributed by atoms with Gasteiger partial charge in [0.15, 0.2) is 0 Å². The maximum absolute atomic E-state index is 14.5. The van der Waals surface area contributed by atoms with Crippen LogP contribution in [0.25, 0.3) is 11.1 Å². The predicted molar refractivity (Wildman–Crippen MR) is 124 cm³/mol. The van der Waals surface area contributed by atoms with Crippen LogP contribution in [-0.4, -0.2) is 47.7 Å². The lowest BCUT2D eigenvalue weighted by atomic mass is 9.90. The van der Waals surface area contributed by atoms with Crippen molar-refractivity contribution < 1.29 is 33.0 Å². The van der Waals surface area contributed by atoms with Gasteiger partial charge in [-0.2, -0.15) is 8.78 Å². The molecule has 9 heteroatoms. The maximum atomic E-state index is 14.5. The van der Waals surface area contributed by atoms with Gasteiger partial charge in [0, 0.05) is 5.92 Å². The van der Waals surface area contributed by atoms with Gasteiger partial charge >= 0.3 is 18.0 Å². The molecule has 2 amide bonds. The highest BCUT2D eigenvalue weighted by Crippen LogP contribution is 2.44. The van der Waals surface area contributed by atoms with E-state index >= 15 is 0 Å². The topological polar surface area (TPSA) is 105 Å². The number of ether oxygens (including phenoxy) is 1. The van der Waals surface area contributed by atoms with Gasteiger partial charge in [-0.15, -0.1) is 0 Å². The van der Waals surface area contributed by atoms with Gasteiger partial charge < -0.3 is 20.5 Å². The van der Waals surface area contributed by atoms with Crippen LogP contribution in [0.15, 0.2) is 48.5 Å². The molecule has 0 aromatic heterocycles. The van der Waals surface area contributed by atoms with Gasteiger partial charge in [-0.3, -0.25) is 4.79 Å². The third kappa shape index (κ3) is 5.13. The summed E-state index contributed by atoms with van der Waals surface area (Å²) in [6, 6.07) is 15.4. The van der Waals surface area contributed by atoms with Crippen LogP contribution >= 0.6 is 0 Å². The summed E-state index contributed by atoms with van der Waals surface area (Å²) >= 11 is 0. The predicted octanol–water partition coefficient (Wildman–Crippen LogP) is 4.45. The third-order valence-electron chi connectivity index (χ3n) is 6.85. The molecule has 7 nitrogen and oxygen atoms in total. The summed E-state index contributed by atoms with van der Waals surface area (Å²) in [4.78, 5) is 36.3. The Bertz CT molecular complexity index is 1070. The highest BCUT2D eigenvalue weighted by atomic mass is 19.3. The number of aliphatic carboxylic acids is 1. The van der Waals surface area contributed by atoms with Gasteiger partial charge in [0.1, 0.15) is 12.1 Å². The molecule has 0 aliphatic heterocycles. The first-order valence-corrected chi connectivity index (χ1v) is 11.8. The average molecular weight is 487 g/mol. The molecule has 0 atom stereocenters. The first-order valence-electron chi connectivity index (χ1n) is 11.8. The van der Waals surface area contributed by atoms with Crippen molar-refractivity contribution in [1.29, 1.82) is 0 Å². The van der Waals surface area contributed by atoms with E-state index in [0.717, 1.165) is 35.1 Å². The number of nitrogens with one attached hydrogen (secondary N) is 2. The molecule has 0 spiro atoms. The lowest BCUT2D eigenvalue weighted by Crippen LogP contribution is -2.60. The van der Waals surface area contributed by atoms with Gasteiger partial charge in [0.25, 0.3) is 5.91 Å². The van der Waals surface area contributed by atoms with Crippen LogP contribution in [0.5, 0.6) is 0 Å². The number of amides is 2. The van der Waals surface area contributed by atoms with Gasteiger partial charge in [-0.05, 0) is 35.1 Å². The van der Waals surface area contributed by atoms with Crippen LogP contribution in [0.1, 0.15) is 55.6 Å². The van der Waals surface area contributed by atoms with Crippen molar-refractivity contribution in [3.63, 3.8) is 0 Å². The molecule has 35 heavy (non-hydrogen) atoms. The summed E-state index contributed by atoms with van der Waals surface area (Å²) in [5.74, 6) is -7.28. The molecule has 0 saturated heterocycles. The number of alkyl carbamates (subject to hydrolysis) is 1. The minimum Gasteiger partial charge on any atom is -0.480 e. The molecule has 0 bridgehead atoms. The first-order chi connectivity index (χ1) is 16.7. The zero-order chi connectivity index (χ0) is 25.1. The van der Waals surface area contributed by atoms with E-state index in [1.165, 1.54) is 0 Å². The fraction of sp³-hybridized carbons (Fsp3) is 0.423. The largest absolute Gasteiger partial charge is 0.480 e. The molecular weight excluding hydrogens is 458 g/mol. The Kier molecular flexibility index (Phi) is 7.05. The van der Waals surface area contributed by atoms with Crippen LogP contribution in [0.2, 0.25) is 0 Å². The summed E-state index contributed by atoms with van der Waals surface area (Å²) in [6.45, 7) is -1.36. The fourth-order valence-corrected chi connectivity index (χ4v) is 4.95. The first kappa shape index (κ1) is 24.6. The number of fused-ring (bicyclic) bond motifs is 3. The van der Waals surface area contributed by atoms with Gasteiger partial charge in [-0.25, -0.2) is 9.59 Å². The van der Waals surface area contributed by atoms with E-state index in [2.05, 4.69) is 5.32 Å². The fourth-order valence-electron chi connectivity index (χ4n) is 4.95. The number of carbonyl (C=O) groups excluding carboxylic acids is 2. The molecule has 2 aliphatic carbocycles. The number of hydrogen-bond donors (Lipinski definition) is 3. The molecule has 2 aromatic rings. The highest BCUT2D eigenvalue weighted by molar-refractivity contribution is 5.91. The minimum atomic E-state index is -4.00. The molecule has 2 aromatic carbocycles. The number of hydrogen-bond acceptors (Lipinski definition) is 4. The Balaban J connectivity index is 1.34. The Morgan fingerprint density at radius 3 is 2.03 bits per heavy atom. The van der Waals surface area contributed by atoms with Crippen molar-refractivity contribution in [2.75, 3.05) is 13.2 Å². The lowest BCUT2D eigenvalue weighted by Gasteiger charge is -2.31. The van der Waals surface area contributed by atoms with Crippen LogP contribution in [0.3, 0.4) is 0 Å². The van der Waals surface area contributed by atoms with Gasteiger partial charge in [-0.1, -0.05) is 74.2 Å². The number of rotatable bonds is 7. The second kappa shape index (κ2) is 10.0. The molecule has 4 rings (SSSR count).